The van der Waals surface area contributed by atoms with E-state index in [1.54, 1.807) is 21.6 Å². The molecule has 1 aliphatic heterocycles. The van der Waals surface area contributed by atoms with Gasteiger partial charge in [-0.25, -0.2) is 0 Å². The zero-order valence-corrected chi connectivity index (χ0v) is 24.3. The summed E-state index contributed by atoms with van der Waals surface area (Å²) >= 11 is 1.58. The Hall–Kier alpha value is -2.55. The predicted molar refractivity (Wildman–Crippen MR) is 154 cm³/mol. The average Bonchev–Trinajstić information content (AvgIpc) is 3.36. The normalized spacial score (nSPS) is 17.7. The van der Waals surface area contributed by atoms with Crippen LogP contribution >= 0.6 is 11.8 Å². The molecule has 9 heteroatoms. The van der Waals surface area contributed by atoms with Crippen molar-refractivity contribution in [3.63, 3.8) is 0 Å². The molecule has 2 aliphatic rings. The zero-order valence-electron chi connectivity index (χ0n) is 23.5. The summed E-state index contributed by atoms with van der Waals surface area (Å²) in [7, 11) is 0. The number of nitrogens with zero attached hydrogens (tertiary/aromatic N) is 2. The number of fused-ring (bicyclic) bond motifs is 1. The van der Waals surface area contributed by atoms with E-state index in [4.69, 9.17) is 0 Å². The number of benzene rings is 1. The molecule has 0 unspecified atom stereocenters. The van der Waals surface area contributed by atoms with Crippen LogP contribution in [0.4, 0.5) is 11.4 Å². The Morgan fingerprint density at radius 3 is 1.95 bits per heavy atom. The highest BCUT2D eigenvalue weighted by molar-refractivity contribution is 7.98. The molecule has 1 saturated carbocycles. The fraction of sp³-hybridized carbons (Fsp3) is 0.655. The van der Waals surface area contributed by atoms with Gasteiger partial charge in [0.15, 0.2) is 6.04 Å². The lowest BCUT2D eigenvalue weighted by Crippen LogP contribution is -2.59. The first-order valence-electron chi connectivity index (χ1n) is 13.9. The van der Waals surface area contributed by atoms with Crippen LogP contribution in [-0.4, -0.2) is 60.8 Å². The lowest BCUT2D eigenvalue weighted by Gasteiger charge is -2.27. The lowest BCUT2D eigenvalue weighted by molar-refractivity contribution is -0.135. The zero-order chi connectivity index (χ0) is 27.8. The van der Waals surface area contributed by atoms with E-state index >= 15 is 0 Å². The fourth-order valence-electron chi connectivity index (χ4n) is 5.28. The standard InChI is InChI=1S/C29H44N4O4S/c1-19(2)17-32-23-12-8-9-13-24(23)33(18-20(3)4)29(37)26(28(32)36)31-27(35)22(14-15-38-5)30-25(34)16-21-10-6-7-11-21/h8-9,12-13,19-22,26H,6-7,10-11,14-18H2,1-5H3,(H,30,34)(H,31,35)/t22-/m0/s1. The quantitative estimate of drug-likeness (QED) is 0.388. The van der Waals surface area contributed by atoms with Gasteiger partial charge in [0.1, 0.15) is 6.04 Å². The Bertz CT molecular complexity index is 944. The first-order valence-corrected chi connectivity index (χ1v) is 15.3. The monoisotopic (exact) mass is 544 g/mol. The smallest absolute Gasteiger partial charge is 0.259 e. The molecule has 0 saturated heterocycles. The maximum Gasteiger partial charge on any atom is 0.259 e. The second-order valence-corrected chi connectivity index (χ2v) is 12.4. The van der Waals surface area contributed by atoms with Gasteiger partial charge >= 0.3 is 0 Å². The van der Waals surface area contributed by atoms with Gasteiger partial charge in [0.2, 0.25) is 11.8 Å². The maximum atomic E-state index is 13.9. The Morgan fingerprint density at radius 2 is 1.47 bits per heavy atom. The van der Waals surface area contributed by atoms with Crippen LogP contribution in [0.5, 0.6) is 0 Å². The third kappa shape index (κ3) is 7.74. The highest BCUT2D eigenvalue weighted by Crippen LogP contribution is 2.34. The van der Waals surface area contributed by atoms with Crippen molar-refractivity contribution >= 4 is 46.8 Å². The summed E-state index contributed by atoms with van der Waals surface area (Å²) in [6, 6.07) is 5.25. The molecule has 0 radical (unpaired) electrons. The number of hydrogen-bond donors (Lipinski definition) is 2. The van der Waals surface area contributed by atoms with Gasteiger partial charge in [-0.3, -0.25) is 19.2 Å². The van der Waals surface area contributed by atoms with Gasteiger partial charge in [-0.2, -0.15) is 11.8 Å². The molecule has 1 fully saturated rings. The van der Waals surface area contributed by atoms with E-state index in [9.17, 15) is 19.2 Å². The molecule has 1 aromatic rings. The van der Waals surface area contributed by atoms with Gasteiger partial charge in [-0.05, 0) is 61.2 Å². The van der Waals surface area contributed by atoms with Gasteiger partial charge in [-0.15, -0.1) is 0 Å². The summed E-state index contributed by atoms with van der Waals surface area (Å²) < 4.78 is 0. The van der Waals surface area contributed by atoms with Crippen molar-refractivity contribution in [1.29, 1.82) is 0 Å². The number of para-hydroxylation sites is 2. The number of thioether (sulfide) groups is 1. The van der Waals surface area contributed by atoms with Crippen LogP contribution in [0.1, 0.15) is 66.2 Å². The Kier molecular flexibility index (Phi) is 11.1. The average molecular weight is 545 g/mol. The summed E-state index contributed by atoms with van der Waals surface area (Å²) in [6.07, 6.45) is 7.13. The molecule has 3 rings (SSSR count). The van der Waals surface area contributed by atoms with Crippen LogP contribution in [0, 0.1) is 17.8 Å². The Balaban J connectivity index is 1.88. The number of rotatable bonds is 12. The van der Waals surface area contributed by atoms with Crippen LogP contribution in [0.2, 0.25) is 0 Å². The minimum Gasteiger partial charge on any atom is -0.344 e. The highest BCUT2D eigenvalue weighted by Gasteiger charge is 2.42. The first-order chi connectivity index (χ1) is 18.1. The van der Waals surface area contributed by atoms with Gasteiger partial charge < -0.3 is 20.4 Å². The molecule has 1 atom stereocenters. The Labute approximate surface area is 231 Å². The van der Waals surface area contributed by atoms with E-state index in [1.807, 2.05) is 58.2 Å². The summed E-state index contributed by atoms with van der Waals surface area (Å²) in [5.74, 6) is -0.208. The molecule has 38 heavy (non-hydrogen) atoms. The lowest BCUT2D eigenvalue weighted by atomic mass is 10.0. The SMILES string of the molecule is CSCC[C@H](NC(=O)CC1CCCC1)C(=O)NC1C(=O)N(CC(C)C)c2ccccc2N(CC(C)C)C1=O. The molecule has 0 aromatic heterocycles. The van der Waals surface area contributed by atoms with Crippen LogP contribution < -0.4 is 20.4 Å². The van der Waals surface area contributed by atoms with Crippen molar-refractivity contribution in [3.05, 3.63) is 24.3 Å². The highest BCUT2D eigenvalue weighted by atomic mass is 32.2. The first kappa shape index (κ1) is 30.0. The second kappa shape index (κ2) is 14.0. The molecule has 210 valence electrons. The topological polar surface area (TPSA) is 98.8 Å². The summed E-state index contributed by atoms with van der Waals surface area (Å²) in [6.45, 7) is 8.89. The maximum absolute atomic E-state index is 13.9. The van der Waals surface area contributed by atoms with Crippen molar-refractivity contribution in [3.8, 4) is 0 Å². The Morgan fingerprint density at radius 1 is 0.947 bits per heavy atom. The number of nitrogens with one attached hydrogen (secondary N) is 2. The van der Waals surface area contributed by atoms with Gasteiger partial charge in [-0.1, -0.05) is 52.7 Å². The number of amides is 4. The van der Waals surface area contributed by atoms with Crippen molar-refractivity contribution in [2.45, 2.75) is 78.3 Å². The number of hydrogen-bond acceptors (Lipinski definition) is 5. The van der Waals surface area contributed by atoms with Crippen molar-refractivity contribution in [2.24, 2.45) is 17.8 Å². The molecule has 0 bridgehead atoms. The van der Waals surface area contributed by atoms with Crippen molar-refractivity contribution in [2.75, 3.05) is 34.9 Å². The third-order valence-corrected chi connectivity index (χ3v) is 7.73. The number of carbonyl (C=O) groups is 4. The van der Waals surface area contributed by atoms with Crippen LogP contribution in [0.25, 0.3) is 0 Å². The van der Waals surface area contributed by atoms with Gasteiger partial charge in [0, 0.05) is 19.5 Å². The van der Waals surface area contributed by atoms with Crippen molar-refractivity contribution in [1.82, 2.24) is 10.6 Å². The van der Waals surface area contributed by atoms with Gasteiger partial charge in [0.05, 0.1) is 11.4 Å². The van der Waals surface area contributed by atoms with Crippen LogP contribution in [0.3, 0.4) is 0 Å². The molecule has 1 aromatic carbocycles. The molecule has 2 N–H and O–H groups in total. The molecular formula is C29H44N4O4S. The molecule has 1 heterocycles. The summed E-state index contributed by atoms with van der Waals surface area (Å²) in [4.78, 5) is 57.4. The third-order valence-electron chi connectivity index (χ3n) is 7.08. The van der Waals surface area contributed by atoms with E-state index < -0.39 is 29.8 Å². The van der Waals surface area contributed by atoms with E-state index in [0.29, 0.717) is 49.0 Å². The predicted octanol–water partition coefficient (Wildman–Crippen LogP) is 3.98. The van der Waals surface area contributed by atoms with E-state index in [2.05, 4.69) is 10.6 Å². The van der Waals surface area contributed by atoms with Crippen LogP contribution in [-0.2, 0) is 19.2 Å². The summed E-state index contributed by atoms with van der Waals surface area (Å²) in [5, 5.41) is 5.67. The minimum atomic E-state index is -1.36. The minimum absolute atomic E-state index is 0.146. The van der Waals surface area contributed by atoms with Gasteiger partial charge in [0.25, 0.3) is 11.8 Å². The van der Waals surface area contributed by atoms with Crippen molar-refractivity contribution < 1.29 is 19.2 Å². The summed E-state index contributed by atoms with van der Waals surface area (Å²) in [5.41, 5.74) is 1.33. The number of carbonyl (C=O) groups excluding carboxylic acids is 4. The van der Waals surface area contributed by atoms with E-state index in [1.165, 1.54) is 0 Å². The van der Waals surface area contributed by atoms with E-state index in [0.717, 1.165) is 25.7 Å². The second-order valence-electron chi connectivity index (χ2n) is 11.4. The molecule has 8 nitrogen and oxygen atoms in total. The van der Waals surface area contributed by atoms with Crippen LogP contribution in [0.15, 0.2) is 24.3 Å². The molecule has 4 amide bonds. The fourth-order valence-corrected chi connectivity index (χ4v) is 5.75. The largest absolute Gasteiger partial charge is 0.344 e. The number of anilines is 2. The molecule has 0 spiro atoms. The van der Waals surface area contributed by atoms with E-state index in [-0.39, 0.29) is 17.7 Å². The molecule has 1 aliphatic carbocycles. The molecular weight excluding hydrogens is 500 g/mol.